The van der Waals surface area contributed by atoms with Crippen molar-refractivity contribution in [3.63, 3.8) is 0 Å². The van der Waals surface area contributed by atoms with E-state index in [1.54, 1.807) is 22.8 Å². The molecule has 0 bridgehead atoms. The Balaban J connectivity index is 2.22. The molecule has 6 heteroatoms. The number of halogens is 2. The zero-order chi connectivity index (χ0) is 20.9. The van der Waals surface area contributed by atoms with Crippen LogP contribution in [0.2, 0.25) is 10.0 Å². The molecule has 0 saturated carbocycles. The molecule has 4 nitrogen and oxygen atoms in total. The summed E-state index contributed by atoms with van der Waals surface area (Å²) in [5, 5.41) is 0.786. The Morgan fingerprint density at radius 3 is 2.29 bits per heavy atom. The van der Waals surface area contributed by atoms with E-state index in [1.807, 2.05) is 6.92 Å². The highest BCUT2D eigenvalue weighted by Crippen LogP contribution is 2.36. The minimum Gasteiger partial charge on any atom is -0.356 e. The SMILES string of the molecule is Cc1nc(N2CCC(C)(C)CC2)c(C(C)(C)C)c(=O)n1-c1cccc(Cl)c1Cl. The lowest BCUT2D eigenvalue weighted by atomic mass is 9.82. The second-order valence-electron chi connectivity index (χ2n) is 9.47. The molecule has 1 aliphatic rings. The normalized spacial score (nSPS) is 17.1. The van der Waals surface area contributed by atoms with Crippen molar-refractivity contribution in [3.8, 4) is 5.69 Å². The van der Waals surface area contributed by atoms with Crippen molar-refractivity contribution in [1.82, 2.24) is 9.55 Å². The second kappa shape index (κ2) is 7.38. The highest BCUT2D eigenvalue weighted by molar-refractivity contribution is 6.43. The molecule has 1 saturated heterocycles. The molecule has 0 unspecified atom stereocenters. The molecule has 0 spiro atoms. The van der Waals surface area contributed by atoms with E-state index in [0.717, 1.165) is 31.7 Å². The third-order valence-corrected chi connectivity index (χ3v) is 6.38. The van der Waals surface area contributed by atoms with E-state index in [9.17, 15) is 4.79 Å². The van der Waals surface area contributed by atoms with Gasteiger partial charge >= 0.3 is 0 Å². The Morgan fingerprint density at radius 1 is 1.11 bits per heavy atom. The standard InChI is InChI=1S/C22H29Cl2N3O/c1-14-25-19(26-12-10-22(5,6)11-13-26)17(21(2,3)4)20(28)27(14)16-9-7-8-15(23)18(16)24/h7-9H,10-13H2,1-6H3. The van der Waals surface area contributed by atoms with Crippen LogP contribution in [0.15, 0.2) is 23.0 Å². The van der Waals surface area contributed by atoms with Gasteiger partial charge in [0.15, 0.2) is 0 Å². The molecule has 1 fully saturated rings. The first-order chi connectivity index (χ1) is 12.9. The first kappa shape index (κ1) is 21.2. The molecule has 28 heavy (non-hydrogen) atoms. The third-order valence-electron chi connectivity index (χ3n) is 5.57. The van der Waals surface area contributed by atoms with Gasteiger partial charge in [-0.2, -0.15) is 0 Å². The molecular weight excluding hydrogens is 393 g/mol. The quantitative estimate of drug-likeness (QED) is 0.617. The summed E-state index contributed by atoms with van der Waals surface area (Å²) in [6, 6.07) is 5.32. The predicted octanol–water partition coefficient (Wildman–Crippen LogP) is 5.77. The first-order valence-corrected chi connectivity index (χ1v) is 10.5. The van der Waals surface area contributed by atoms with Crippen LogP contribution in [0.5, 0.6) is 0 Å². The van der Waals surface area contributed by atoms with Gasteiger partial charge in [-0.1, -0.05) is 63.9 Å². The number of rotatable bonds is 2. The lowest BCUT2D eigenvalue weighted by molar-refractivity contribution is 0.278. The van der Waals surface area contributed by atoms with Crippen LogP contribution in [0.1, 0.15) is 58.8 Å². The molecule has 1 aromatic carbocycles. The van der Waals surface area contributed by atoms with Gasteiger partial charge in [-0.25, -0.2) is 4.98 Å². The maximum Gasteiger partial charge on any atom is 0.264 e. The summed E-state index contributed by atoms with van der Waals surface area (Å²) in [7, 11) is 0. The van der Waals surface area contributed by atoms with E-state index in [4.69, 9.17) is 28.2 Å². The Morgan fingerprint density at radius 2 is 1.71 bits per heavy atom. The number of nitrogens with zero attached hydrogens (tertiary/aromatic N) is 3. The summed E-state index contributed by atoms with van der Waals surface area (Å²) in [4.78, 5) is 20.9. The van der Waals surface area contributed by atoms with Crippen LogP contribution in [-0.4, -0.2) is 22.6 Å². The van der Waals surface area contributed by atoms with Crippen LogP contribution >= 0.6 is 23.2 Å². The van der Waals surface area contributed by atoms with Crippen molar-refractivity contribution in [2.45, 2.75) is 59.8 Å². The Kier molecular flexibility index (Phi) is 5.59. The number of anilines is 1. The van der Waals surface area contributed by atoms with Crippen molar-refractivity contribution in [2.75, 3.05) is 18.0 Å². The topological polar surface area (TPSA) is 38.1 Å². The highest BCUT2D eigenvalue weighted by Gasteiger charge is 2.32. The lowest BCUT2D eigenvalue weighted by Crippen LogP contribution is -2.42. The molecule has 1 aromatic heterocycles. The van der Waals surface area contributed by atoms with Crippen LogP contribution in [0.25, 0.3) is 5.69 Å². The number of benzene rings is 1. The molecule has 3 rings (SSSR count). The van der Waals surface area contributed by atoms with Crippen LogP contribution in [0.3, 0.4) is 0 Å². The van der Waals surface area contributed by atoms with E-state index >= 15 is 0 Å². The van der Waals surface area contributed by atoms with E-state index in [-0.39, 0.29) is 11.0 Å². The van der Waals surface area contributed by atoms with E-state index in [1.165, 1.54) is 0 Å². The van der Waals surface area contributed by atoms with Crippen molar-refractivity contribution in [1.29, 1.82) is 0 Å². The lowest BCUT2D eigenvalue weighted by Gasteiger charge is -2.39. The van der Waals surface area contributed by atoms with E-state index < -0.39 is 0 Å². The average molecular weight is 422 g/mol. The minimum absolute atomic E-state index is 0.0796. The molecule has 0 amide bonds. The van der Waals surface area contributed by atoms with Gasteiger partial charge < -0.3 is 4.90 Å². The van der Waals surface area contributed by atoms with Crippen LogP contribution in [-0.2, 0) is 5.41 Å². The number of aryl methyl sites for hydroxylation is 1. The number of hydrogen-bond donors (Lipinski definition) is 0. The maximum atomic E-state index is 13.7. The molecule has 2 heterocycles. The highest BCUT2D eigenvalue weighted by atomic mass is 35.5. The van der Waals surface area contributed by atoms with Crippen molar-refractivity contribution >= 4 is 29.0 Å². The Bertz CT molecular complexity index is 947. The Labute approximate surface area is 177 Å². The monoisotopic (exact) mass is 421 g/mol. The van der Waals surface area contributed by atoms with E-state index in [0.29, 0.717) is 32.5 Å². The summed E-state index contributed by atoms with van der Waals surface area (Å²) >= 11 is 12.6. The van der Waals surface area contributed by atoms with Crippen molar-refractivity contribution in [2.24, 2.45) is 5.41 Å². The van der Waals surface area contributed by atoms with Gasteiger partial charge in [-0.3, -0.25) is 9.36 Å². The summed E-state index contributed by atoms with van der Waals surface area (Å²) in [5.74, 6) is 1.42. The molecule has 152 valence electrons. The zero-order valence-electron chi connectivity index (χ0n) is 17.6. The zero-order valence-corrected chi connectivity index (χ0v) is 19.1. The average Bonchev–Trinajstić information content (AvgIpc) is 2.56. The fourth-order valence-corrected chi connectivity index (χ4v) is 4.15. The van der Waals surface area contributed by atoms with Gasteiger partial charge in [-0.15, -0.1) is 0 Å². The van der Waals surface area contributed by atoms with Crippen molar-refractivity contribution < 1.29 is 0 Å². The molecule has 0 atom stereocenters. The van der Waals surface area contributed by atoms with Gasteiger partial charge in [0.2, 0.25) is 0 Å². The smallest absolute Gasteiger partial charge is 0.264 e. The van der Waals surface area contributed by atoms with E-state index in [2.05, 4.69) is 39.5 Å². The van der Waals surface area contributed by atoms with Crippen LogP contribution in [0, 0.1) is 12.3 Å². The molecular formula is C22H29Cl2N3O. The molecule has 0 aliphatic carbocycles. The fraction of sp³-hybridized carbons (Fsp3) is 0.545. The van der Waals surface area contributed by atoms with Crippen LogP contribution in [0.4, 0.5) is 5.82 Å². The largest absolute Gasteiger partial charge is 0.356 e. The van der Waals surface area contributed by atoms with Crippen molar-refractivity contribution in [3.05, 3.63) is 50.0 Å². The molecule has 1 aliphatic heterocycles. The first-order valence-electron chi connectivity index (χ1n) is 9.76. The fourth-order valence-electron chi connectivity index (χ4n) is 3.77. The maximum absolute atomic E-state index is 13.7. The summed E-state index contributed by atoms with van der Waals surface area (Å²) in [6.45, 7) is 14.4. The molecule has 0 N–H and O–H groups in total. The van der Waals surface area contributed by atoms with Gasteiger partial charge in [0, 0.05) is 13.1 Å². The molecule has 0 radical (unpaired) electrons. The predicted molar refractivity (Wildman–Crippen MR) is 119 cm³/mol. The number of hydrogen-bond acceptors (Lipinski definition) is 3. The Hall–Kier alpha value is -1.52. The number of aromatic nitrogens is 2. The van der Waals surface area contributed by atoms with Gasteiger partial charge in [0.1, 0.15) is 11.6 Å². The van der Waals surface area contributed by atoms with Crippen LogP contribution < -0.4 is 10.5 Å². The van der Waals surface area contributed by atoms with Gasteiger partial charge in [-0.05, 0) is 42.7 Å². The van der Waals surface area contributed by atoms with Gasteiger partial charge in [0.25, 0.3) is 5.56 Å². The summed E-state index contributed by atoms with van der Waals surface area (Å²) in [6.07, 6.45) is 2.17. The van der Waals surface area contributed by atoms with Gasteiger partial charge in [0.05, 0.1) is 21.3 Å². The number of piperidine rings is 1. The second-order valence-corrected chi connectivity index (χ2v) is 10.3. The summed E-state index contributed by atoms with van der Waals surface area (Å²) in [5.41, 5.74) is 1.18. The minimum atomic E-state index is -0.354. The summed E-state index contributed by atoms with van der Waals surface area (Å²) < 4.78 is 1.59. The molecule has 2 aromatic rings. The third kappa shape index (κ3) is 3.95.